The van der Waals surface area contributed by atoms with Crippen molar-refractivity contribution in [2.24, 2.45) is 0 Å². The second kappa shape index (κ2) is 17.8. The SMILES string of the molecule is CC(C)(C)c1n[n-]c(-c2[c-]c(-c3[n-]nc(C(C)(C)C)c3-c3ccccc3)ccc2)c1-c1ccccc1.CCc1c(-c2ccccn2)[n-]c(-c2ccccn2)c1CC.[Ir]. The summed E-state index contributed by atoms with van der Waals surface area (Å²) < 4.78 is 0. The quantitative estimate of drug-likeness (QED) is 0.140. The van der Waals surface area contributed by atoms with E-state index in [1.807, 2.05) is 67.0 Å². The van der Waals surface area contributed by atoms with Crippen LogP contribution in [0.4, 0.5) is 0 Å². The van der Waals surface area contributed by atoms with Crippen LogP contribution in [0.25, 0.3) is 67.5 Å². The summed E-state index contributed by atoms with van der Waals surface area (Å²) in [6.07, 6.45) is 5.54. The number of hydrogen-bond donors (Lipinski definition) is 0. The molecular formula is C50H49IrN7-4. The third-order valence-corrected chi connectivity index (χ3v) is 9.98. The molecule has 297 valence electrons. The van der Waals surface area contributed by atoms with Crippen molar-refractivity contribution in [1.82, 2.24) is 35.3 Å². The summed E-state index contributed by atoms with van der Waals surface area (Å²) in [7, 11) is 0. The van der Waals surface area contributed by atoms with Gasteiger partial charge in [0.1, 0.15) is 0 Å². The zero-order valence-corrected chi connectivity index (χ0v) is 36.9. The van der Waals surface area contributed by atoms with Crippen LogP contribution in [0.3, 0.4) is 0 Å². The first-order valence-electron chi connectivity index (χ1n) is 19.7. The molecule has 5 heterocycles. The average molecular weight is 940 g/mol. The fourth-order valence-corrected chi connectivity index (χ4v) is 7.28. The number of pyridine rings is 2. The number of nitrogens with zero attached hydrogens (tertiary/aromatic N) is 7. The van der Waals surface area contributed by atoms with Gasteiger partial charge in [-0.25, -0.2) is 0 Å². The van der Waals surface area contributed by atoms with Crippen LogP contribution >= 0.6 is 0 Å². The van der Waals surface area contributed by atoms with Crippen molar-refractivity contribution in [2.45, 2.75) is 79.1 Å². The molecule has 0 aliphatic heterocycles. The zero-order chi connectivity index (χ0) is 40.2. The van der Waals surface area contributed by atoms with Gasteiger partial charge in [0, 0.05) is 66.1 Å². The Morgan fingerprint density at radius 1 is 0.483 bits per heavy atom. The van der Waals surface area contributed by atoms with Gasteiger partial charge in [-0.1, -0.05) is 139 Å². The molecule has 0 fully saturated rings. The minimum absolute atomic E-state index is 0. The summed E-state index contributed by atoms with van der Waals surface area (Å²) in [4.78, 5) is 13.8. The minimum Gasteiger partial charge on any atom is -0.654 e. The molecule has 0 unspecified atom stereocenters. The zero-order valence-electron chi connectivity index (χ0n) is 34.5. The van der Waals surface area contributed by atoms with Crippen molar-refractivity contribution in [2.75, 3.05) is 0 Å². The Morgan fingerprint density at radius 2 is 0.879 bits per heavy atom. The summed E-state index contributed by atoms with van der Waals surface area (Å²) in [5.41, 5.74) is 15.9. The van der Waals surface area contributed by atoms with Crippen LogP contribution in [0.15, 0.2) is 128 Å². The first-order chi connectivity index (χ1) is 27.5. The maximum absolute atomic E-state index is 4.87. The molecule has 0 aliphatic carbocycles. The van der Waals surface area contributed by atoms with Gasteiger partial charge in [0.25, 0.3) is 0 Å². The maximum atomic E-state index is 4.87. The van der Waals surface area contributed by atoms with E-state index in [1.54, 1.807) is 0 Å². The van der Waals surface area contributed by atoms with Gasteiger partial charge in [0.15, 0.2) is 0 Å². The molecule has 0 spiro atoms. The molecule has 8 heteroatoms. The fraction of sp³-hybridized carbons (Fsp3) is 0.240. The molecule has 3 aromatic carbocycles. The first kappa shape index (κ1) is 41.9. The Hall–Kier alpha value is -5.69. The van der Waals surface area contributed by atoms with Gasteiger partial charge in [0.2, 0.25) is 0 Å². The Labute approximate surface area is 356 Å². The topological polar surface area (TPSA) is 93.9 Å². The van der Waals surface area contributed by atoms with E-state index in [1.165, 1.54) is 11.1 Å². The van der Waals surface area contributed by atoms with Gasteiger partial charge in [-0.2, -0.15) is 11.4 Å². The molecule has 5 aromatic heterocycles. The predicted molar refractivity (Wildman–Crippen MR) is 232 cm³/mol. The number of benzene rings is 3. The molecule has 0 N–H and O–H groups in total. The summed E-state index contributed by atoms with van der Waals surface area (Å²) in [6, 6.07) is 42.4. The standard InChI is InChI=1S/C32H31N4.C18H18N3.Ir/c1-31(2,3)29-25(21-14-9-7-10-15-21)27(33-35-29)23-18-13-19-24(20-23)28-26(22-16-11-8-12-17-22)30(36-34-28)32(4,5)6;1-3-13-14(4-2)18(16-10-6-8-12-20-16)21-17(13)15-9-5-7-11-19-15;/h7-19H,1-6H3;5-12H,3-4H2,1-2H3;/q-3;-1;. The molecule has 1 radical (unpaired) electrons. The second-order valence-electron chi connectivity index (χ2n) is 16.2. The van der Waals surface area contributed by atoms with Crippen LogP contribution in [0.2, 0.25) is 0 Å². The van der Waals surface area contributed by atoms with Crippen molar-refractivity contribution in [3.05, 3.63) is 156 Å². The molecule has 0 amide bonds. The molecule has 58 heavy (non-hydrogen) atoms. The minimum atomic E-state index is -0.146. The summed E-state index contributed by atoms with van der Waals surface area (Å²) in [5.74, 6) is 0. The molecular weight excluding hydrogens is 891 g/mol. The van der Waals surface area contributed by atoms with E-state index in [4.69, 9.17) is 4.98 Å². The molecule has 0 saturated heterocycles. The Balaban J connectivity index is 0.000000220. The normalized spacial score (nSPS) is 11.4. The van der Waals surface area contributed by atoms with Crippen molar-refractivity contribution >= 4 is 0 Å². The van der Waals surface area contributed by atoms with Gasteiger partial charge in [-0.15, -0.1) is 46.8 Å². The van der Waals surface area contributed by atoms with E-state index < -0.39 is 0 Å². The van der Waals surface area contributed by atoms with Crippen molar-refractivity contribution < 1.29 is 20.1 Å². The van der Waals surface area contributed by atoms with Crippen LogP contribution < -0.4 is 15.2 Å². The van der Waals surface area contributed by atoms with E-state index in [0.29, 0.717) is 0 Å². The number of rotatable bonds is 8. The first-order valence-corrected chi connectivity index (χ1v) is 19.7. The van der Waals surface area contributed by atoms with Gasteiger partial charge >= 0.3 is 0 Å². The molecule has 0 bridgehead atoms. The Morgan fingerprint density at radius 3 is 1.22 bits per heavy atom. The molecule has 0 atom stereocenters. The molecule has 0 saturated carbocycles. The average Bonchev–Trinajstić information content (AvgIpc) is 3.99. The van der Waals surface area contributed by atoms with Crippen molar-refractivity contribution in [3.63, 3.8) is 0 Å². The summed E-state index contributed by atoms with van der Waals surface area (Å²) >= 11 is 0. The van der Waals surface area contributed by atoms with Gasteiger partial charge in [-0.3, -0.25) is 9.97 Å². The fourth-order valence-electron chi connectivity index (χ4n) is 7.28. The molecule has 7 nitrogen and oxygen atoms in total. The smallest absolute Gasteiger partial charge is 0.0485 e. The maximum Gasteiger partial charge on any atom is 0.0485 e. The molecule has 0 aliphatic rings. The summed E-state index contributed by atoms with van der Waals surface area (Å²) in [6.45, 7) is 17.4. The van der Waals surface area contributed by atoms with E-state index in [-0.39, 0.29) is 30.9 Å². The van der Waals surface area contributed by atoms with Crippen LogP contribution in [0.1, 0.15) is 77.9 Å². The molecule has 8 rings (SSSR count). The predicted octanol–water partition coefficient (Wildman–Crippen LogP) is 11.3. The number of hydrogen-bond acceptors (Lipinski definition) is 4. The van der Waals surface area contributed by atoms with Gasteiger partial charge in [-0.05, 0) is 59.4 Å². The van der Waals surface area contributed by atoms with Gasteiger partial charge < -0.3 is 25.4 Å². The summed E-state index contributed by atoms with van der Waals surface area (Å²) in [5, 5.41) is 18.6. The van der Waals surface area contributed by atoms with Crippen molar-refractivity contribution in [3.8, 4) is 67.5 Å². The Bertz CT molecular complexity index is 2370. The number of aromatic nitrogens is 7. The van der Waals surface area contributed by atoms with Gasteiger partial charge in [0.05, 0.1) is 0 Å². The monoisotopic (exact) mass is 940 g/mol. The third-order valence-electron chi connectivity index (χ3n) is 9.98. The Kier molecular flexibility index (Phi) is 12.9. The third kappa shape index (κ3) is 8.74. The van der Waals surface area contributed by atoms with Crippen molar-refractivity contribution in [1.29, 1.82) is 0 Å². The van der Waals surface area contributed by atoms with E-state index >= 15 is 0 Å². The van der Waals surface area contributed by atoms with E-state index in [9.17, 15) is 0 Å². The molecule has 8 aromatic rings. The van der Waals surface area contributed by atoms with E-state index in [2.05, 4.69) is 152 Å². The van der Waals surface area contributed by atoms with Crippen LogP contribution in [-0.4, -0.2) is 20.2 Å². The van der Waals surface area contributed by atoms with Crippen LogP contribution in [-0.2, 0) is 43.8 Å². The second-order valence-corrected chi connectivity index (χ2v) is 16.2. The van der Waals surface area contributed by atoms with E-state index in [0.717, 1.165) is 91.8 Å². The van der Waals surface area contributed by atoms with Crippen LogP contribution in [0, 0.1) is 6.07 Å². The largest absolute Gasteiger partial charge is 0.654 e. The van der Waals surface area contributed by atoms with Crippen LogP contribution in [0.5, 0.6) is 0 Å².